The van der Waals surface area contributed by atoms with Gasteiger partial charge in [0.1, 0.15) is 5.82 Å². The largest absolute Gasteiger partial charge is 0.383 e. The molecule has 1 heterocycles. The standard InChI is InChI=1S/C20H28N4O3S/c1-4-6-12-24-17(21)16(18(25)22-20(24)27)23(11-5-2)19(26)15-9-7-14(8-10-15)13-28-3/h7-10H,4-6,11-13,21H2,1-3H3,(H,22,25,27). The smallest absolute Gasteiger partial charge is 0.330 e. The lowest BCUT2D eigenvalue weighted by Gasteiger charge is -2.24. The van der Waals surface area contributed by atoms with E-state index >= 15 is 0 Å². The average molecular weight is 405 g/mol. The van der Waals surface area contributed by atoms with E-state index in [1.54, 1.807) is 23.9 Å². The maximum absolute atomic E-state index is 13.1. The van der Waals surface area contributed by atoms with Crippen LogP contribution in [0.2, 0.25) is 0 Å². The van der Waals surface area contributed by atoms with Gasteiger partial charge in [-0.2, -0.15) is 11.8 Å². The molecule has 0 aliphatic heterocycles. The summed E-state index contributed by atoms with van der Waals surface area (Å²) in [6.45, 7) is 4.63. The van der Waals surface area contributed by atoms with E-state index in [2.05, 4.69) is 4.98 Å². The normalized spacial score (nSPS) is 10.8. The molecule has 0 unspecified atom stereocenters. The molecule has 0 saturated heterocycles. The lowest BCUT2D eigenvalue weighted by Crippen LogP contribution is -2.41. The number of amides is 1. The number of unbranched alkanes of at least 4 members (excludes halogenated alkanes) is 1. The van der Waals surface area contributed by atoms with Crippen molar-refractivity contribution < 1.29 is 4.79 Å². The number of nitrogen functional groups attached to an aromatic ring is 1. The zero-order chi connectivity index (χ0) is 20.7. The van der Waals surface area contributed by atoms with E-state index in [9.17, 15) is 14.4 Å². The van der Waals surface area contributed by atoms with E-state index in [1.807, 2.05) is 32.2 Å². The fourth-order valence-corrected chi connectivity index (χ4v) is 3.51. The van der Waals surface area contributed by atoms with Crippen LogP contribution in [-0.2, 0) is 12.3 Å². The predicted octanol–water partition coefficient (Wildman–Crippen LogP) is 2.84. The van der Waals surface area contributed by atoms with Crippen molar-refractivity contribution in [2.24, 2.45) is 0 Å². The molecule has 0 aliphatic rings. The van der Waals surface area contributed by atoms with Gasteiger partial charge in [0.25, 0.3) is 11.5 Å². The first-order chi connectivity index (χ1) is 13.4. The van der Waals surface area contributed by atoms with Crippen molar-refractivity contribution in [1.82, 2.24) is 9.55 Å². The Labute approximate surface area is 168 Å². The molecule has 2 aromatic rings. The summed E-state index contributed by atoms with van der Waals surface area (Å²) in [4.78, 5) is 41.5. The quantitative estimate of drug-likeness (QED) is 0.669. The second kappa shape index (κ2) is 10.2. The maximum Gasteiger partial charge on any atom is 0.330 e. The number of hydrogen-bond acceptors (Lipinski definition) is 5. The Bertz CT molecular complexity index is 919. The molecule has 0 saturated carbocycles. The van der Waals surface area contributed by atoms with Crippen LogP contribution in [0.15, 0.2) is 33.9 Å². The molecule has 0 spiro atoms. The number of carbonyl (C=O) groups excluding carboxylic acids is 1. The Morgan fingerprint density at radius 3 is 2.43 bits per heavy atom. The third-order valence-electron chi connectivity index (χ3n) is 4.42. The number of nitrogens with one attached hydrogen (secondary N) is 1. The van der Waals surface area contributed by atoms with Crippen LogP contribution < -0.4 is 21.9 Å². The summed E-state index contributed by atoms with van der Waals surface area (Å²) in [5.74, 6) is 0.584. The third kappa shape index (κ3) is 4.86. The van der Waals surface area contributed by atoms with Crippen LogP contribution >= 0.6 is 11.8 Å². The second-order valence-electron chi connectivity index (χ2n) is 6.59. The van der Waals surface area contributed by atoms with Crippen molar-refractivity contribution in [3.05, 3.63) is 56.2 Å². The van der Waals surface area contributed by atoms with E-state index in [0.717, 1.165) is 24.2 Å². The Morgan fingerprint density at radius 1 is 1.18 bits per heavy atom. The highest BCUT2D eigenvalue weighted by Gasteiger charge is 2.24. The number of thioether (sulfide) groups is 1. The van der Waals surface area contributed by atoms with E-state index < -0.39 is 11.2 Å². The number of nitrogens with zero attached hydrogens (tertiary/aromatic N) is 2. The number of carbonyl (C=O) groups is 1. The van der Waals surface area contributed by atoms with Gasteiger partial charge in [-0.25, -0.2) is 4.79 Å². The number of hydrogen-bond donors (Lipinski definition) is 2. The number of rotatable bonds is 9. The molecule has 28 heavy (non-hydrogen) atoms. The molecule has 0 radical (unpaired) electrons. The van der Waals surface area contributed by atoms with Crippen LogP contribution in [0, 0.1) is 0 Å². The Balaban J connectivity index is 2.49. The van der Waals surface area contributed by atoms with Crippen molar-refractivity contribution in [2.45, 2.75) is 45.4 Å². The van der Waals surface area contributed by atoms with Crippen molar-refractivity contribution in [2.75, 3.05) is 23.4 Å². The number of nitrogens with two attached hydrogens (primary N) is 1. The molecule has 7 nitrogen and oxygen atoms in total. The summed E-state index contributed by atoms with van der Waals surface area (Å²) in [6.07, 6.45) is 4.28. The first kappa shape index (κ1) is 21.8. The minimum atomic E-state index is -0.643. The molecule has 2 rings (SSSR count). The third-order valence-corrected chi connectivity index (χ3v) is 5.05. The molecule has 152 valence electrons. The summed E-state index contributed by atoms with van der Waals surface area (Å²) in [5.41, 5.74) is 6.62. The van der Waals surface area contributed by atoms with Crippen LogP contribution in [0.5, 0.6) is 0 Å². The minimum Gasteiger partial charge on any atom is -0.383 e. The molecule has 1 aromatic carbocycles. The van der Waals surface area contributed by atoms with Gasteiger partial charge >= 0.3 is 5.69 Å². The van der Waals surface area contributed by atoms with Gasteiger partial charge in [-0.05, 0) is 36.8 Å². The maximum atomic E-state index is 13.1. The van der Waals surface area contributed by atoms with Crippen LogP contribution in [-0.4, -0.2) is 28.3 Å². The molecule has 0 aliphatic carbocycles. The minimum absolute atomic E-state index is 0.0306. The first-order valence-electron chi connectivity index (χ1n) is 9.46. The highest BCUT2D eigenvalue weighted by atomic mass is 32.2. The van der Waals surface area contributed by atoms with Gasteiger partial charge in [0.15, 0.2) is 5.69 Å². The zero-order valence-corrected chi connectivity index (χ0v) is 17.5. The second-order valence-corrected chi connectivity index (χ2v) is 7.45. The Kier molecular flexibility index (Phi) is 7.92. The number of H-pyrrole nitrogens is 1. The average Bonchev–Trinajstić information content (AvgIpc) is 2.67. The lowest BCUT2D eigenvalue weighted by molar-refractivity contribution is 0.0986. The lowest BCUT2D eigenvalue weighted by atomic mass is 10.1. The summed E-state index contributed by atoms with van der Waals surface area (Å²) in [5, 5.41) is 0. The summed E-state index contributed by atoms with van der Waals surface area (Å²) >= 11 is 1.70. The Hall–Kier alpha value is -2.48. The molecular weight excluding hydrogens is 376 g/mol. The zero-order valence-electron chi connectivity index (χ0n) is 16.7. The first-order valence-corrected chi connectivity index (χ1v) is 10.9. The van der Waals surface area contributed by atoms with Crippen LogP contribution in [0.4, 0.5) is 11.5 Å². The monoisotopic (exact) mass is 404 g/mol. The van der Waals surface area contributed by atoms with Gasteiger partial charge in [0.2, 0.25) is 0 Å². The van der Waals surface area contributed by atoms with E-state index in [0.29, 0.717) is 25.1 Å². The van der Waals surface area contributed by atoms with Gasteiger partial charge in [0, 0.05) is 24.4 Å². The number of benzene rings is 1. The van der Waals surface area contributed by atoms with E-state index in [-0.39, 0.29) is 17.4 Å². The van der Waals surface area contributed by atoms with Crippen LogP contribution in [0.3, 0.4) is 0 Å². The van der Waals surface area contributed by atoms with Gasteiger partial charge in [-0.15, -0.1) is 0 Å². The van der Waals surface area contributed by atoms with Crippen molar-refractivity contribution in [3.63, 3.8) is 0 Å². The molecule has 3 N–H and O–H groups in total. The molecule has 1 amide bonds. The van der Waals surface area contributed by atoms with Crippen LogP contribution in [0.25, 0.3) is 0 Å². The molecule has 1 aromatic heterocycles. The fraction of sp³-hybridized carbons (Fsp3) is 0.450. The number of aromatic amines is 1. The van der Waals surface area contributed by atoms with Gasteiger partial charge in [-0.1, -0.05) is 32.4 Å². The van der Waals surface area contributed by atoms with Crippen LogP contribution in [0.1, 0.15) is 49.0 Å². The fourth-order valence-electron chi connectivity index (χ4n) is 2.98. The van der Waals surface area contributed by atoms with Crippen molar-refractivity contribution in [3.8, 4) is 0 Å². The van der Waals surface area contributed by atoms with Crippen molar-refractivity contribution >= 4 is 29.2 Å². The number of aromatic nitrogens is 2. The molecule has 0 fully saturated rings. The topological polar surface area (TPSA) is 101 Å². The molecule has 0 atom stereocenters. The van der Waals surface area contributed by atoms with E-state index in [1.165, 1.54) is 9.47 Å². The summed E-state index contributed by atoms with van der Waals surface area (Å²) in [7, 11) is 0. The summed E-state index contributed by atoms with van der Waals surface area (Å²) in [6, 6.07) is 7.33. The van der Waals surface area contributed by atoms with Gasteiger partial charge < -0.3 is 10.6 Å². The molecule has 8 heteroatoms. The summed E-state index contributed by atoms with van der Waals surface area (Å²) < 4.78 is 1.33. The van der Waals surface area contributed by atoms with Gasteiger partial charge in [-0.3, -0.25) is 19.1 Å². The Morgan fingerprint density at radius 2 is 1.86 bits per heavy atom. The molecule has 0 bridgehead atoms. The van der Waals surface area contributed by atoms with E-state index in [4.69, 9.17) is 5.73 Å². The van der Waals surface area contributed by atoms with Crippen molar-refractivity contribution in [1.29, 1.82) is 0 Å². The highest BCUT2D eigenvalue weighted by Crippen LogP contribution is 2.21. The predicted molar refractivity (Wildman–Crippen MR) is 116 cm³/mol. The molecular formula is C20H28N4O3S. The number of anilines is 2. The SMILES string of the molecule is CCCCn1c(N)c(N(CCC)C(=O)c2ccc(CSC)cc2)c(=O)[nH]c1=O. The highest BCUT2D eigenvalue weighted by molar-refractivity contribution is 7.97. The van der Waals surface area contributed by atoms with Gasteiger partial charge in [0.05, 0.1) is 0 Å².